The highest BCUT2D eigenvalue weighted by Crippen LogP contribution is 2.23. The predicted molar refractivity (Wildman–Crippen MR) is 83.1 cm³/mol. The van der Waals surface area contributed by atoms with E-state index in [1.54, 1.807) is 0 Å². The summed E-state index contributed by atoms with van der Waals surface area (Å²) in [6.45, 7) is 10.2. The molecule has 0 bridgehead atoms. The SMILES string of the molecule is CCCNCc1cc(N2CC(C)OCC2CC)ccn1. The molecule has 2 atom stereocenters. The number of hydrogen-bond acceptors (Lipinski definition) is 4. The highest BCUT2D eigenvalue weighted by molar-refractivity contribution is 5.48. The first-order valence-corrected chi connectivity index (χ1v) is 7.78. The summed E-state index contributed by atoms with van der Waals surface area (Å²) in [6, 6.07) is 4.80. The Balaban J connectivity index is 2.07. The van der Waals surface area contributed by atoms with Crippen molar-refractivity contribution in [2.75, 3.05) is 24.6 Å². The summed E-state index contributed by atoms with van der Waals surface area (Å²) in [4.78, 5) is 6.93. The molecule has 4 heteroatoms. The molecule has 0 amide bonds. The minimum atomic E-state index is 0.299. The van der Waals surface area contributed by atoms with E-state index in [0.717, 1.165) is 44.8 Å². The summed E-state index contributed by atoms with van der Waals surface area (Å²) >= 11 is 0. The average Bonchev–Trinajstić information content (AvgIpc) is 2.48. The van der Waals surface area contributed by atoms with Gasteiger partial charge in [-0.25, -0.2) is 0 Å². The Morgan fingerprint density at radius 1 is 1.45 bits per heavy atom. The largest absolute Gasteiger partial charge is 0.375 e. The van der Waals surface area contributed by atoms with E-state index in [9.17, 15) is 0 Å². The topological polar surface area (TPSA) is 37.4 Å². The minimum Gasteiger partial charge on any atom is -0.375 e. The molecule has 0 aliphatic carbocycles. The van der Waals surface area contributed by atoms with Crippen LogP contribution in [0.2, 0.25) is 0 Å². The van der Waals surface area contributed by atoms with Crippen LogP contribution in [0.5, 0.6) is 0 Å². The maximum absolute atomic E-state index is 5.77. The van der Waals surface area contributed by atoms with Gasteiger partial charge >= 0.3 is 0 Å². The number of hydrogen-bond donors (Lipinski definition) is 1. The molecule has 1 aliphatic rings. The lowest BCUT2D eigenvalue weighted by Crippen LogP contribution is -2.48. The molecule has 112 valence electrons. The Morgan fingerprint density at radius 3 is 3.05 bits per heavy atom. The lowest BCUT2D eigenvalue weighted by Gasteiger charge is -2.40. The van der Waals surface area contributed by atoms with Crippen molar-refractivity contribution in [2.24, 2.45) is 0 Å². The van der Waals surface area contributed by atoms with Gasteiger partial charge < -0.3 is 15.0 Å². The summed E-state index contributed by atoms with van der Waals surface area (Å²) in [6.07, 6.45) is 4.48. The molecule has 1 aromatic heterocycles. The number of morpholine rings is 1. The first-order valence-electron chi connectivity index (χ1n) is 7.78. The Hall–Kier alpha value is -1.13. The van der Waals surface area contributed by atoms with Gasteiger partial charge in [0.2, 0.25) is 0 Å². The van der Waals surface area contributed by atoms with Crippen LogP contribution >= 0.6 is 0 Å². The third-order valence-corrected chi connectivity index (χ3v) is 3.80. The second-order valence-electron chi connectivity index (χ2n) is 5.54. The molecule has 1 saturated heterocycles. The van der Waals surface area contributed by atoms with Gasteiger partial charge in [-0.3, -0.25) is 4.98 Å². The minimum absolute atomic E-state index is 0.299. The maximum atomic E-state index is 5.77. The van der Waals surface area contributed by atoms with Crippen molar-refractivity contribution in [3.05, 3.63) is 24.0 Å². The number of anilines is 1. The molecule has 2 unspecified atom stereocenters. The van der Waals surface area contributed by atoms with Crippen LogP contribution < -0.4 is 10.2 Å². The van der Waals surface area contributed by atoms with Crippen molar-refractivity contribution in [2.45, 2.75) is 52.3 Å². The van der Waals surface area contributed by atoms with Crippen molar-refractivity contribution in [3.8, 4) is 0 Å². The first-order chi connectivity index (χ1) is 9.74. The second kappa shape index (κ2) is 7.60. The zero-order valence-electron chi connectivity index (χ0n) is 12.9. The smallest absolute Gasteiger partial charge is 0.0723 e. The number of ether oxygens (including phenoxy) is 1. The molecule has 0 aromatic carbocycles. The molecule has 0 spiro atoms. The van der Waals surface area contributed by atoms with E-state index >= 15 is 0 Å². The molecule has 4 nitrogen and oxygen atoms in total. The molecule has 2 rings (SSSR count). The fourth-order valence-electron chi connectivity index (χ4n) is 2.63. The zero-order chi connectivity index (χ0) is 14.4. The van der Waals surface area contributed by atoms with Gasteiger partial charge in [0.05, 0.1) is 24.4 Å². The maximum Gasteiger partial charge on any atom is 0.0723 e. The third-order valence-electron chi connectivity index (χ3n) is 3.80. The summed E-state index contributed by atoms with van der Waals surface area (Å²) in [5.41, 5.74) is 2.39. The van der Waals surface area contributed by atoms with Crippen molar-refractivity contribution >= 4 is 5.69 Å². The quantitative estimate of drug-likeness (QED) is 0.811. The van der Waals surface area contributed by atoms with Gasteiger partial charge in [0, 0.05) is 25.0 Å². The van der Waals surface area contributed by atoms with Crippen LogP contribution in [0.4, 0.5) is 5.69 Å². The molecule has 1 N–H and O–H groups in total. The second-order valence-corrected chi connectivity index (χ2v) is 5.54. The predicted octanol–water partition coefficient (Wildman–Crippen LogP) is 2.58. The Morgan fingerprint density at radius 2 is 2.30 bits per heavy atom. The molecule has 20 heavy (non-hydrogen) atoms. The monoisotopic (exact) mass is 277 g/mol. The molecule has 1 aromatic rings. The van der Waals surface area contributed by atoms with Crippen molar-refractivity contribution < 1.29 is 4.74 Å². The van der Waals surface area contributed by atoms with Crippen molar-refractivity contribution in [1.82, 2.24) is 10.3 Å². The van der Waals surface area contributed by atoms with Gasteiger partial charge in [0.15, 0.2) is 0 Å². The molecular formula is C16H27N3O. The van der Waals surface area contributed by atoms with Crippen LogP contribution in [0.25, 0.3) is 0 Å². The first kappa shape index (κ1) is 15.3. The van der Waals surface area contributed by atoms with E-state index in [4.69, 9.17) is 4.74 Å². The van der Waals surface area contributed by atoms with Crippen LogP contribution in [0.1, 0.15) is 39.3 Å². The highest BCUT2D eigenvalue weighted by Gasteiger charge is 2.25. The molecular weight excluding hydrogens is 250 g/mol. The summed E-state index contributed by atoms with van der Waals surface area (Å²) in [7, 11) is 0. The Kier molecular flexibility index (Phi) is 5.80. The fraction of sp³-hybridized carbons (Fsp3) is 0.688. The van der Waals surface area contributed by atoms with Gasteiger partial charge in [-0.1, -0.05) is 13.8 Å². The van der Waals surface area contributed by atoms with E-state index < -0.39 is 0 Å². The van der Waals surface area contributed by atoms with Crippen LogP contribution in [-0.2, 0) is 11.3 Å². The van der Waals surface area contributed by atoms with Crippen LogP contribution in [0, 0.1) is 0 Å². The molecule has 0 saturated carbocycles. The third kappa shape index (κ3) is 3.93. The van der Waals surface area contributed by atoms with E-state index in [1.165, 1.54) is 5.69 Å². The van der Waals surface area contributed by atoms with E-state index in [1.807, 2.05) is 6.20 Å². The average molecular weight is 277 g/mol. The van der Waals surface area contributed by atoms with Crippen LogP contribution in [-0.4, -0.2) is 36.8 Å². The summed E-state index contributed by atoms with van der Waals surface area (Å²) < 4.78 is 5.77. The number of rotatable bonds is 6. The van der Waals surface area contributed by atoms with Crippen LogP contribution in [0.3, 0.4) is 0 Å². The standard InChI is InChI=1S/C16H27N3O/c1-4-7-17-10-14-9-16(6-8-18-14)19-11-13(3)20-12-15(19)5-2/h6,8-9,13,15,17H,4-5,7,10-12H2,1-3H3. The van der Waals surface area contributed by atoms with Gasteiger partial charge in [-0.15, -0.1) is 0 Å². The van der Waals surface area contributed by atoms with Crippen LogP contribution in [0.15, 0.2) is 18.3 Å². The van der Waals surface area contributed by atoms with Crippen molar-refractivity contribution in [1.29, 1.82) is 0 Å². The molecule has 2 heterocycles. The lowest BCUT2D eigenvalue weighted by molar-refractivity contribution is 0.0299. The van der Waals surface area contributed by atoms with E-state index in [2.05, 4.69) is 48.1 Å². The number of nitrogens with one attached hydrogen (secondary N) is 1. The van der Waals surface area contributed by atoms with Gasteiger partial charge in [-0.2, -0.15) is 0 Å². The molecule has 1 aliphatic heterocycles. The van der Waals surface area contributed by atoms with Gasteiger partial charge in [0.25, 0.3) is 0 Å². The fourth-order valence-corrected chi connectivity index (χ4v) is 2.63. The van der Waals surface area contributed by atoms with Gasteiger partial charge in [-0.05, 0) is 38.4 Å². The summed E-state index contributed by atoms with van der Waals surface area (Å²) in [5, 5.41) is 3.41. The highest BCUT2D eigenvalue weighted by atomic mass is 16.5. The number of aromatic nitrogens is 1. The molecule has 1 fully saturated rings. The van der Waals surface area contributed by atoms with Gasteiger partial charge in [0.1, 0.15) is 0 Å². The van der Waals surface area contributed by atoms with E-state index in [0.29, 0.717) is 12.1 Å². The Bertz CT molecular complexity index is 410. The zero-order valence-corrected chi connectivity index (χ0v) is 12.9. The Labute approximate surface area is 122 Å². The number of nitrogens with zero attached hydrogens (tertiary/aromatic N) is 2. The summed E-state index contributed by atoms with van der Waals surface area (Å²) in [5.74, 6) is 0. The number of pyridine rings is 1. The lowest BCUT2D eigenvalue weighted by atomic mass is 10.1. The normalized spacial score (nSPS) is 23.1. The molecule has 0 radical (unpaired) electrons. The van der Waals surface area contributed by atoms with E-state index in [-0.39, 0.29) is 0 Å². The van der Waals surface area contributed by atoms with Crippen molar-refractivity contribution in [3.63, 3.8) is 0 Å².